The summed E-state index contributed by atoms with van der Waals surface area (Å²) in [5, 5.41) is 0. The van der Waals surface area contributed by atoms with Crippen LogP contribution in [0.2, 0.25) is 0 Å². The van der Waals surface area contributed by atoms with E-state index in [1.807, 2.05) is 6.21 Å². The van der Waals surface area contributed by atoms with Crippen molar-refractivity contribution >= 4 is 6.21 Å². The number of nitrogens with zero attached hydrogens (tertiary/aromatic N) is 1. The maximum atomic E-state index is 4.40. The quantitative estimate of drug-likeness (QED) is 0.561. The number of aliphatic imine (C=N–C) groups is 1. The predicted octanol–water partition coefficient (Wildman–Crippen LogP) is 3.48. The highest BCUT2D eigenvalue weighted by Crippen LogP contribution is 2.15. The Morgan fingerprint density at radius 1 is 1.42 bits per heavy atom. The molecule has 0 bridgehead atoms. The third-order valence-corrected chi connectivity index (χ3v) is 2.38. The number of rotatable bonds is 1. The largest absolute Gasteiger partial charge is 0.261 e. The minimum atomic E-state index is 1.09. The van der Waals surface area contributed by atoms with Crippen LogP contribution < -0.4 is 0 Å². The van der Waals surface area contributed by atoms with Gasteiger partial charge in [-0.3, -0.25) is 4.99 Å². The van der Waals surface area contributed by atoms with E-state index >= 15 is 0 Å². The van der Waals surface area contributed by atoms with Crippen LogP contribution in [0.1, 0.15) is 40.0 Å². The van der Waals surface area contributed by atoms with Gasteiger partial charge in [0.25, 0.3) is 0 Å². The molecule has 0 spiro atoms. The number of hydrogen-bond donors (Lipinski definition) is 0. The third-order valence-electron chi connectivity index (χ3n) is 2.38. The van der Waals surface area contributed by atoms with Crippen LogP contribution in [0.25, 0.3) is 0 Å². The molecule has 1 heteroatoms. The number of allylic oxidation sites excluding steroid dienone is 4. The molecule has 1 rings (SSSR count). The molecule has 1 nitrogen and oxygen atoms in total. The van der Waals surface area contributed by atoms with E-state index in [0.29, 0.717) is 0 Å². The van der Waals surface area contributed by atoms with E-state index in [9.17, 15) is 0 Å². The maximum Gasteiger partial charge on any atom is 0.0362 e. The summed E-state index contributed by atoms with van der Waals surface area (Å²) < 4.78 is 0. The van der Waals surface area contributed by atoms with E-state index in [1.54, 1.807) is 0 Å². The van der Waals surface area contributed by atoms with Gasteiger partial charge in [0.15, 0.2) is 0 Å². The van der Waals surface area contributed by atoms with Gasteiger partial charge in [-0.1, -0.05) is 18.6 Å². The van der Waals surface area contributed by atoms with E-state index in [-0.39, 0.29) is 0 Å². The highest BCUT2D eigenvalue weighted by atomic mass is 14.7. The van der Waals surface area contributed by atoms with Gasteiger partial charge in [0.05, 0.1) is 0 Å². The topological polar surface area (TPSA) is 12.4 Å². The second-order valence-electron chi connectivity index (χ2n) is 3.30. The monoisotopic (exact) mass is 163 g/mol. The van der Waals surface area contributed by atoms with Crippen LogP contribution in [0.5, 0.6) is 0 Å². The van der Waals surface area contributed by atoms with Crippen LogP contribution >= 0.6 is 0 Å². The smallest absolute Gasteiger partial charge is 0.0362 e. The molecule has 1 aliphatic rings. The van der Waals surface area contributed by atoms with Crippen LogP contribution in [0, 0.1) is 0 Å². The summed E-state index contributed by atoms with van der Waals surface area (Å²) in [4.78, 5) is 4.40. The first-order valence-corrected chi connectivity index (χ1v) is 4.63. The molecule has 0 atom stereocenters. The molecule has 0 aliphatic carbocycles. The Bertz CT molecular complexity index is 244. The fourth-order valence-electron chi connectivity index (χ4n) is 1.23. The van der Waals surface area contributed by atoms with Crippen molar-refractivity contribution in [2.75, 3.05) is 0 Å². The molecule has 0 saturated heterocycles. The van der Waals surface area contributed by atoms with E-state index in [2.05, 4.69) is 31.8 Å². The SMILES string of the molecule is CCC1=C/CC/C(C)=C(C)/N=C\1. The molecule has 0 aromatic heterocycles. The summed E-state index contributed by atoms with van der Waals surface area (Å²) in [7, 11) is 0. The highest BCUT2D eigenvalue weighted by Gasteiger charge is 1.98. The highest BCUT2D eigenvalue weighted by molar-refractivity contribution is 5.79. The molecule has 0 aromatic rings. The fraction of sp³-hybridized carbons (Fsp3) is 0.545. The molecule has 1 aliphatic heterocycles. The van der Waals surface area contributed by atoms with Crippen LogP contribution in [0.15, 0.2) is 27.9 Å². The molecular weight excluding hydrogens is 146 g/mol. The Balaban J connectivity index is 2.82. The molecule has 0 N–H and O–H groups in total. The summed E-state index contributed by atoms with van der Waals surface area (Å²) >= 11 is 0. The summed E-state index contributed by atoms with van der Waals surface area (Å²) in [6, 6.07) is 0. The molecule has 0 saturated carbocycles. The van der Waals surface area contributed by atoms with Crippen LogP contribution in [-0.2, 0) is 0 Å². The zero-order valence-corrected chi connectivity index (χ0v) is 8.22. The van der Waals surface area contributed by atoms with Gasteiger partial charge in [-0.25, -0.2) is 0 Å². The van der Waals surface area contributed by atoms with Gasteiger partial charge < -0.3 is 0 Å². The normalized spacial score (nSPS) is 31.8. The fourth-order valence-corrected chi connectivity index (χ4v) is 1.23. The van der Waals surface area contributed by atoms with E-state index in [4.69, 9.17) is 0 Å². The summed E-state index contributed by atoms with van der Waals surface area (Å²) in [5.74, 6) is 0. The standard InChI is InChI=1S/C11H17N/c1-4-11-7-5-6-9(2)10(3)12-8-11/h7-8H,4-6H2,1-3H3/b10-9+,11-7-,12-8-. The average molecular weight is 163 g/mol. The zero-order valence-electron chi connectivity index (χ0n) is 8.22. The maximum absolute atomic E-state index is 4.40. The van der Waals surface area contributed by atoms with Gasteiger partial charge in [-0.2, -0.15) is 0 Å². The first-order valence-electron chi connectivity index (χ1n) is 4.63. The summed E-state index contributed by atoms with van der Waals surface area (Å²) in [6.07, 6.45) is 7.71. The van der Waals surface area contributed by atoms with Gasteiger partial charge in [-0.05, 0) is 38.7 Å². The number of hydrogen-bond acceptors (Lipinski definition) is 1. The van der Waals surface area contributed by atoms with Gasteiger partial charge in [0, 0.05) is 11.9 Å². The molecule has 0 amide bonds. The Morgan fingerprint density at radius 3 is 2.83 bits per heavy atom. The lowest BCUT2D eigenvalue weighted by Gasteiger charge is -2.06. The first-order chi connectivity index (χ1) is 5.74. The molecule has 0 aromatic carbocycles. The molecule has 66 valence electrons. The van der Waals surface area contributed by atoms with Crippen molar-refractivity contribution in [1.82, 2.24) is 0 Å². The van der Waals surface area contributed by atoms with Crippen molar-refractivity contribution < 1.29 is 0 Å². The lowest BCUT2D eigenvalue weighted by Crippen LogP contribution is -1.90. The Morgan fingerprint density at radius 2 is 2.17 bits per heavy atom. The van der Waals surface area contributed by atoms with Gasteiger partial charge in [0.2, 0.25) is 0 Å². The van der Waals surface area contributed by atoms with Gasteiger partial charge >= 0.3 is 0 Å². The Labute approximate surface area is 74.9 Å². The minimum absolute atomic E-state index is 1.09. The van der Waals surface area contributed by atoms with Crippen LogP contribution in [-0.4, -0.2) is 6.21 Å². The summed E-state index contributed by atoms with van der Waals surface area (Å²) in [6.45, 7) is 6.42. The van der Waals surface area contributed by atoms with Crippen molar-refractivity contribution in [3.8, 4) is 0 Å². The molecular formula is C11H17N. The predicted molar refractivity (Wildman–Crippen MR) is 54.5 cm³/mol. The van der Waals surface area contributed by atoms with Crippen molar-refractivity contribution in [3.05, 3.63) is 22.9 Å². The molecule has 1 heterocycles. The first kappa shape index (κ1) is 9.24. The van der Waals surface area contributed by atoms with Crippen molar-refractivity contribution in [3.63, 3.8) is 0 Å². The van der Waals surface area contributed by atoms with Crippen molar-refractivity contribution in [2.45, 2.75) is 40.0 Å². The van der Waals surface area contributed by atoms with Gasteiger partial charge in [0.1, 0.15) is 0 Å². The van der Waals surface area contributed by atoms with E-state index < -0.39 is 0 Å². The molecule has 0 fully saturated rings. The molecule has 0 radical (unpaired) electrons. The minimum Gasteiger partial charge on any atom is -0.261 e. The molecule has 0 unspecified atom stereocenters. The van der Waals surface area contributed by atoms with Crippen LogP contribution in [0.3, 0.4) is 0 Å². The Hall–Kier alpha value is -0.850. The Kier molecular flexibility index (Phi) is 3.27. The zero-order chi connectivity index (χ0) is 8.97. The van der Waals surface area contributed by atoms with Crippen molar-refractivity contribution in [1.29, 1.82) is 0 Å². The van der Waals surface area contributed by atoms with E-state index in [0.717, 1.165) is 12.8 Å². The van der Waals surface area contributed by atoms with Crippen LogP contribution in [0.4, 0.5) is 0 Å². The van der Waals surface area contributed by atoms with E-state index in [1.165, 1.54) is 23.3 Å². The lowest BCUT2D eigenvalue weighted by molar-refractivity contribution is 0.931. The third kappa shape index (κ3) is 2.33. The van der Waals surface area contributed by atoms with Gasteiger partial charge in [-0.15, -0.1) is 0 Å². The summed E-state index contributed by atoms with van der Waals surface area (Å²) in [5.41, 5.74) is 3.97. The molecule has 12 heavy (non-hydrogen) atoms. The second kappa shape index (κ2) is 4.24. The second-order valence-corrected chi connectivity index (χ2v) is 3.30. The van der Waals surface area contributed by atoms with Crippen molar-refractivity contribution in [2.24, 2.45) is 4.99 Å². The average Bonchev–Trinajstić information content (AvgIpc) is 2.07. The lowest BCUT2D eigenvalue weighted by atomic mass is 10.1.